The first-order chi connectivity index (χ1) is 9.49. The molecule has 1 N–H and O–H groups in total. The fraction of sp³-hybridized carbons (Fsp3) is 0.533. The van der Waals surface area contributed by atoms with Crippen molar-refractivity contribution in [1.29, 1.82) is 0 Å². The molecule has 0 aliphatic heterocycles. The van der Waals surface area contributed by atoms with E-state index in [4.69, 9.17) is 0 Å². The predicted molar refractivity (Wildman–Crippen MR) is 76.6 cm³/mol. The lowest BCUT2D eigenvalue weighted by atomic mass is 10.2. The van der Waals surface area contributed by atoms with Crippen LogP contribution in [0.25, 0.3) is 0 Å². The lowest BCUT2D eigenvalue weighted by Gasteiger charge is -2.26. The topological polar surface area (TPSA) is 32.3 Å². The van der Waals surface area contributed by atoms with E-state index in [1.54, 1.807) is 0 Å². The van der Waals surface area contributed by atoms with E-state index in [0.29, 0.717) is 0 Å². The van der Waals surface area contributed by atoms with Crippen LogP contribution in [0.2, 0.25) is 0 Å². The van der Waals surface area contributed by atoms with Crippen molar-refractivity contribution in [1.82, 2.24) is 4.90 Å². The molecule has 1 rings (SSSR count). The molecular formula is C15H22F2N2O. The molecule has 0 saturated carbocycles. The summed E-state index contributed by atoms with van der Waals surface area (Å²) in [6.07, 6.45) is 2.09. The van der Waals surface area contributed by atoms with Crippen LogP contribution in [0.4, 0.5) is 14.5 Å². The first-order valence-electron chi connectivity index (χ1n) is 6.99. The van der Waals surface area contributed by atoms with Crippen LogP contribution in [0.5, 0.6) is 0 Å². The van der Waals surface area contributed by atoms with Crippen LogP contribution in [0.1, 0.15) is 33.6 Å². The lowest BCUT2D eigenvalue weighted by molar-refractivity contribution is -0.120. The molecule has 5 heteroatoms. The largest absolute Gasteiger partial charge is 0.325 e. The number of carbonyl (C=O) groups excluding carboxylic acids is 1. The number of anilines is 1. The number of nitrogens with zero attached hydrogens (tertiary/aromatic N) is 1. The quantitative estimate of drug-likeness (QED) is 0.832. The molecule has 0 fully saturated rings. The van der Waals surface area contributed by atoms with Gasteiger partial charge in [-0.3, -0.25) is 9.69 Å². The van der Waals surface area contributed by atoms with Gasteiger partial charge in [-0.2, -0.15) is 0 Å². The van der Waals surface area contributed by atoms with Gasteiger partial charge in [0.2, 0.25) is 5.91 Å². The second-order valence-electron chi connectivity index (χ2n) is 4.78. The van der Waals surface area contributed by atoms with Gasteiger partial charge in [-0.15, -0.1) is 0 Å². The zero-order valence-corrected chi connectivity index (χ0v) is 12.2. The number of carbonyl (C=O) groups is 1. The Morgan fingerprint density at radius 3 is 2.55 bits per heavy atom. The van der Waals surface area contributed by atoms with Gasteiger partial charge in [0.15, 0.2) is 11.6 Å². The number of rotatable bonds is 7. The number of benzene rings is 1. The maximum Gasteiger partial charge on any atom is 0.241 e. The van der Waals surface area contributed by atoms with E-state index in [2.05, 4.69) is 17.1 Å². The summed E-state index contributed by atoms with van der Waals surface area (Å²) >= 11 is 0. The summed E-state index contributed by atoms with van der Waals surface area (Å²) in [6, 6.07) is 3.04. The van der Waals surface area contributed by atoms with E-state index in [1.165, 1.54) is 6.07 Å². The monoisotopic (exact) mass is 284 g/mol. The molecule has 1 aromatic rings. The van der Waals surface area contributed by atoms with Gasteiger partial charge in [0.05, 0.1) is 6.04 Å². The summed E-state index contributed by atoms with van der Waals surface area (Å²) < 4.78 is 25.9. The molecule has 20 heavy (non-hydrogen) atoms. The minimum absolute atomic E-state index is 0.214. The molecule has 112 valence electrons. The average Bonchev–Trinajstić information content (AvgIpc) is 2.43. The summed E-state index contributed by atoms with van der Waals surface area (Å²) in [7, 11) is 0. The Morgan fingerprint density at radius 2 is 2.00 bits per heavy atom. The molecule has 0 radical (unpaired) electrons. The standard InChI is InChI=1S/C15H22F2N2O/c1-4-6-9-19(5-2)11(3)15(20)18-12-7-8-13(16)14(17)10-12/h7-8,10-11H,4-6,9H2,1-3H3,(H,18,20). The van der Waals surface area contributed by atoms with E-state index in [-0.39, 0.29) is 17.6 Å². The van der Waals surface area contributed by atoms with Crippen LogP contribution in [-0.4, -0.2) is 29.9 Å². The highest BCUT2D eigenvalue weighted by molar-refractivity contribution is 5.94. The van der Waals surface area contributed by atoms with Crippen molar-refractivity contribution in [3.05, 3.63) is 29.8 Å². The molecule has 1 unspecified atom stereocenters. The van der Waals surface area contributed by atoms with Crippen molar-refractivity contribution >= 4 is 11.6 Å². The minimum Gasteiger partial charge on any atom is -0.325 e. The van der Waals surface area contributed by atoms with Crippen molar-refractivity contribution in [2.75, 3.05) is 18.4 Å². The van der Waals surface area contributed by atoms with Crippen LogP contribution in [0, 0.1) is 11.6 Å². The fourth-order valence-corrected chi connectivity index (χ4v) is 1.97. The third-order valence-electron chi connectivity index (χ3n) is 3.32. The van der Waals surface area contributed by atoms with Gasteiger partial charge >= 0.3 is 0 Å². The Bertz CT molecular complexity index is 451. The van der Waals surface area contributed by atoms with Crippen LogP contribution >= 0.6 is 0 Å². The molecule has 0 heterocycles. The molecule has 0 spiro atoms. The number of hydrogen-bond acceptors (Lipinski definition) is 2. The van der Waals surface area contributed by atoms with Gasteiger partial charge < -0.3 is 5.32 Å². The molecule has 0 bridgehead atoms. The van der Waals surface area contributed by atoms with E-state index in [1.807, 2.05) is 13.8 Å². The van der Waals surface area contributed by atoms with E-state index < -0.39 is 11.6 Å². The molecule has 1 aromatic carbocycles. The number of hydrogen-bond donors (Lipinski definition) is 1. The second kappa shape index (κ2) is 7.94. The molecule has 3 nitrogen and oxygen atoms in total. The van der Waals surface area contributed by atoms with E-state index in [9.17, 15) is 13.6 Å². The zero-order chi connectivity index (χ0) is 15.1. The van der Waals surface area contributed by atoms with Crippen molar-refractivity contribution in [2.24, 2.45) is 0 Å². The predicted octanol–water partition coefficient (Wildman–Crippen LogP) is 3.41. The first-order valence-corrected chi connectivity index (χ1v) is 6.99. The Morgan fingerprint density at radius 1 is 1.30 bits per heavy atom. The van der Waals surface area contributed by atoms with Crippen LogP contribution < -0.4 is 5.32 Å². The van der Waals surface area contributed by atoms with Crippen molar-refractivity contribution in [2.45, 2.75) is 39.7 Å². The van der Waals surface area contributed by atoms with Gasteiger partial charge in [-0.1, -0.05) is 20.3 Å². The van der Waals surface area contributed by atoms with Crippen molar-refractivity contribution in [3.8, 4) is 0 Å². The lowest BCUT2D eigenvalue weighted by Crippen LogP contribution is -2.42. The highest BCUT2D eigenvalue weighted by atomic mass is 19.2. The summed E-state index contributed by atoms with van der Waals surface area (Å²) in [6.45, 7) is 7.52. The summed E-state index contributed by atoms with van der Waals surface area (Å²) in [5.41, 5.74) is 0.271. The minimum atomic E-state index is -0.964. The first kappa shape index (κ1) is 16.6. The zero-order valence-electron chi connectivity index (χ0n) is 12.2. The number of nitrogens with one attached hydrogen (secondary N) is 1. The van der Waals surface area contributed by atoms with Gasteiger partial charge in [0, 0.05) is 11.8 Å². The van der Waals surface area contributed by atoms with Gasteiger partial charge in [-0.25, -0.2) is 8.78 Å². The van der Waals surface area contributed by atoms with Gasteiger partial charge in [0.25, 0.3) is 0 Å². The molecule has 0 aromatic heterocycles. The molecule has 1 atom stereocenters. The third kappa shape index (κ3) is 4.56. The number of unbranched alkanes of at least 4 members (excludes halogenated alkanes) is 1. The maximum atomic E-state index is 13.1. The van der Waals surface area contributed by atoms with Crippen molar-refractivity contribution < 1.29 is 13.6 Å². The number of halogens is 2. The van der Waals surface area contributed by atoms with Crippen LogP contribution in [-0.2, 0) is 4.79 Å². The number of likely N-dealkylation sites (N-methyl/N-ethyl adjacent to an activating group) is 1. The molecule has 1 amide bonds. The number of amides is 1. The highest BCUT2D eigenvalue weighted by Crippen LogP contribution is 2.14. The summed E-state index contributed by atoms with van der Waals surface area (Å²) in [4.78, 5) is 14.2. The van der Waals surface area contributed by atoms with Gasteiger partial charge in [-0.05, 0) is 38.6 Å². The third-order valence-corrected chi connectivity index (χ3v) is 3.32. The Labute approximate surface area is 119 Å². The Balaban J connectivity index is 2.66. The normalized spacial score (nSPS) is 12.5. The van der Waals surface area contributed by atoms with E-state index in [0.717, 1.165) is 38.1 Å². The smallest absolute Gasteiger partial charge is 0.241 e. The molecule has 0 saturated heterocycles. The Kier molecular flexibility index (Phi) is 6.58. The molecular weight excluding hydrogens is 262 g/mol. The molecule has 0 aliphatic carbocycles. The highest BCUT2D eigenvalue weighted by Gasteiger charge is 2.19. The SMILES string of the molecule is CCCCN(CC)C(C)C(=O)Nc1ccc(F)c(F)c1. The van der Waals surface area contributed by atoms with Gasteiger partial charge in [0.1, 0.15) is 0 Å². The van der Waals surface area contributed by atoms with Crippen LogP contribution in [0.3, 0.4) is 0 Å². The Hall–Kier alpha value is -1.49. The maximum absolute atomic E-state index is 13.1. The fourth-order valence-electron chi connectivity index (χ4n) is 1.97. The summed E-state index contributed by atoms with van der Waals surface area (Å²) in [5, 5.41) is 2.61. The average molecular weight is 284 g/mol. The second-order valence-corrected chi connectivity index (χ2v) is 4.78. The summed E-state index contributed by atoms with van der Waals surface area (Å²) in [5.74, 6) is -2.10. The van der Waals surface area contributed by atoms with Crippen molar-refractivity contribution in [3.63, 3.8) is 0 Å². The molecule has 0 aliphatic rings. The van der Waals surface area contributed by atoms with Crippen LogP contribution in [0.15, 0.2) is 18.2 Å². The van der Waals surface area contributed by atoms with E-state index >= 15 is 0 Å².